The molecule has 0 bridgehead atoms. The SMILES string of the molecule is CC1CC(=O)N(C2(C)CCCOC2)C(C)C1C(=O)O. The number of carboxylic acid groups (broad SMARTS) is 1. The molecule has 0 aromatic rings. The molecular weight excluding hydrogens is 246 g/mol. The number of carboxylic acids is 1. The van der Waals surface area contributed by atoms with Crippen LogP contribution in [0.15, 0.2) is 0 Å². The third kappa shape index (κ3) is 2.48. The molecule has 5 heteroatoms. The Balaban J connectivity index is 2.27. The second kappa shape index (κ2) is 5.12. The molecule has 0 aromatic heterocycles. The first-order valence-corrected chi connectivity index (χ1v) is 6.99. The number of aliphatic carboxylic acids is 1. The molecule has 1 amide bonds. The Labute approximate surface area is 113 Å². The fourth-order valence-corrected chi connectivity index (χ4v) is 3.72. The van der Waals surface area contributed by atoms with Crippen LogP contribution in [0, 0.1) is 11.8 Å². The first-order chi connectivity index (χ1) is 8.87. The largest absolute Gasteiger partial charge is 0.481 e. The molecule has 2 aliphatic rings. The van der Waals surface area contributed by atoms with Crippen molar-refractivity contribution < 1.29 is 19.4 Å². The van der Waals surface area contributed by atoms with Crippen LogP contribution in [0.2, 0.25) is 0 Å². The number of likely N-dealkylation sites (tertiary alicyclic amines) is 1. The molecule has 108 valence electrons. The summed E-state index contributed by atoms with van der Waals surface area (Å²) in [5, 5.41) is 9.40. The molecule has 5 nitrogen and oxygen atoms in total. The smallest absolute Gasteiger partial charge is 0.308 e. The average Bonchev–Trinajstić information content (AvgIpc) is 2.27. The third-order valence-corrected chi connectivity index (χ3v) is 4.59. The van der Waals surface area contributed by atoms with Crippen LogP contribution in [0.1, 0.15) is 40.0 Å². The maximum atomic E-state index is 12.4. The quantitative estimate of drug-likeness (QED) is 0.825. The van der Waals surface area contributed by atoms with Gasteiger partial charge in [-0.1, -0.05) is 6.92 Å². The lowest BCUT2D eigenvalue weighted by Gasteiger charge is -2.51. The zero-order valence-electron chi connectivity index (χ0n) is 11.9. The number of piperidine rings is 1. The van der Waals surface area contributed by atoms with Crippen LogP contribution in [-0.4, -0.2) is 46.7 Å². The van der Waals surface area contributed by atoms with Crippen LogP contribution in [0.5, 0.6) is 0 Å². The van der Waals surface area contributed by atoms with Crippen molar-refractivity contribution in [1.29, 1.82) is 0 Å². The molecule has 2 aliphatic heterocycles. The Kier molecular flexibility index (Phi) is 3.85. The number of carbonyl (C=O) groups is 2. The predicted octanol–water partition coefficient (Wildman–Crippen LogP) is 1.51. The first kappa shape index (κ1) is 14.3. The van der Waals surface area contributed by atoms with Crippen LogP contribution in [0.25, 0.3) is 0 Å². The monoisotopic (exact) mass is 269 g/mol. The lowest BCUT2D eigenvalue weighted by Crippen LogP contribution is -2.63. The van der Waals surface area contributed by atoms with Gasteiger partial charge in [-0.3, -0.25) is 9.59 Å². The highest BCUT2D eigenvalue weighted by Crippen LogP contribution is 2.37. The summed E-state index contributed by atoms with van der Waals surface area (Å²) in [7, 11) is 0. The van der Waals surface area contributed by atoms with E-state index in [1.165, 1.54) is 0 Å². The molecule has 2 saturated heterocycles. The van der Waals surface area contributed by atoms with Crippen LogP contribution in [-0.2, 0) is 14.3 Å². The minimum atomic E-state index is -0.808. The standard InChI is InChI=1S/C14H23NO4/c1-9-7-11(16)15(10(2)12(9)13(17)18)14(3)5-4-6-19-8-14/h9-10,12H,4-8H2,1-3H3,(H,17,18). The van der Waals surface area contributed by atoms with E-state index in [2.05, 4.69) is 0 Å². The van der Waals surface area contributed by atoms with Crippen molar-refractivity contribution in [2.75, 3.05) is 13.2 Å². The molecule has 4 atom stereocenters. The van der Waals surface area contributed by atoms with Gasteiger partial charge in [0, 0.05) is 19.1 Å². The molecule has 2 heterocycles. The van der Waals surface area contributed by atoms with Gasteiger partial charge in [-0.25, -0.2) is 0 Å². The topological polar surface area (TPSA) is 66.8 Å². The average molecular weight is 269 g/mol. The van der Waals surface area contributed by atoms with Crippen molar-refractivity contribution >= 4 is 11.9 Å². The van der Waals surface area contributed by atoms with E-state index in [0.717, 1.165) is 19.4 Å². The minimum Gasteiger partial charge on any atom is -0.481 e. The van der Waals surface area contributed by atoms with Gasteiger partial charge in [0.05, 0.1) is 18.1 Å². The molecule has 0 radical (unpaired) electrons. The van der Waals surface area contributed by atoms with Gasteiger partial charge in [0.2, 0.25) is 5.91 Å². The summed E-state index contributed by atoms with van der Waals surface area (Å²) in [5.41, 5.74) is -0.359. The van der Waals surface area contributed by atoms with E-state index in [1.54, 1.807) is 4.90 Å². The molecule has 4 unspecified atom stereocenters. The number of ether oxygens (including phenoxy) is 1. The zero-order chi connectivity index (χ0) is 14.2. The van der Waals surface area contributed by atoms with E-state index in [4.69, 9.17) is 4.74 Å². The Hall–Kier alpha value is -1.10. The lowest BCUT2D eigenvalue weighted by molar-refractivity contribution is -0.166. The molecule has 0 aliphatic carbocycles. The van der Waals surface area contributed by atoms with Gasteiger partial charge >= 0.3 is 5.97 Å². The van der Waals surface area contributed by atoms with Gasteiger partial charge < -0.3 is 14.7 Å². The van der Waals surface area contributed by atoms with Crippen molar-refractivity contribution in [3.05, 3.63) is 0 Å². The maximum Gasteiger partial charge on any atom is 0.308 e. The molecule has 1 N–H and O–H groups in total. The fourth-order valence-electron chi connectivity index (χ4n) is 3.72. The van der Waals surface area contributed by atoms with Gasteiger partial charge in [-0.05, 0) is 32.6 Å². The summed E-state index contributed by atoms with van der Waals surface area (Å²) < 4.78 is 5.52. The van der Waals surface area contributed by atoms with Gasteiger partial charge in [0.15, 0.2) is 0 Å². The lowest BCUT2D eigenvalue weighted by atomic mass is 9.77. The van der Waals surface area contributed by atoms with E-state index in [0.29, 0.717) is 13.0 Å². The molecule has 2 rings (SSSR count). The van der Waals surface area contributed by atoms with E-state index in [9.17, 15) is 14.7 Å². The summed E-state index contributed by atoms with van der Waals surface area (Å²) in [5.74, 6) is -1.34. The Morgan fingerprint density at radius 2 is 2.16 bits per heavy atom. The van der Waals surface area contributed by atoms with Gasteiger partial charge in [0.25, 0.3) is 0 Å². The number of rotatable bonds is 2. The van der Waals surface area contributed by atoms with Gasteiger partial charge in [0.1, 0.15) is 0 Å². The van der Waals surface area contributed by atoms with Crippen molar-refractivity contribution in [3.8, 4) is 0 Å². The van der Waals surface area contributed by atoms with Crippen molar-refractivity contribution in [1.82, 2.24) is 4.90 Å². The van der Waals surface area contributed by atoms with Crippen LogP contribution in [0.4, 0.5) is 0 Å². The summed E-state index contributed by atoms with van der Waals surface area (Å²) in [6, 6.07) is -0.277. The minimum absolute atomic E-state index is 0.0606. The molecule has 0 saturated carbocycles. The summed E-state index contributed by atoms with van der Waals surface area (Å²) in [4.78, 5) is 25.6. The highest BCUT2D eigenvalue weighted by atomic mass is 16.5. The van der Waals surface area contributed by atoms with E-state index >= 15 is 0 Å². The number of nitrogens with zero attached hydrogens (tertiary/aromatic N) is 1. The normalized spacial score (nSPS) is 40.3. The summed E-state index contributed by atoms with van der Waals surface area (Å²) in [6.45, 7) is 6.94. The number of hydrogen-bond donors (Lipinski definition) is 1. The van der Waals surface area contributed by atoms with Crippen LogP contribution >= 0.6 is 0 Å². The van der Waals surface area contributed by atoms with E-state index < -0.39 is 11.9 Å². The van der Waals surface area contributed by atoms with Crippen molar-refractivity contribution in [2.45, 2.75) is 51.6 Å². The second-order valence-electron chi connectivity index (χ2n) is 6.20. The maximum absolute atomic E-state index is 12.4. The number of carbonyl (C=O) groups excluding carboxylic acids is 1. The Morgan fingerprint density at radius 3 is 2.68 bits per heavy atom. The number of amides is 1. The predicted molar refractivity (Wildman–Crippen MR) is 69.7 cm³/mol. The van der Waals surface area contributed by atoms with Crippen LogP contribution < -0.4 is 0 Å². The van der Waals surface area contributed by atoms with Crippen LogP contribution in [0.3, 0.4) is 0 Å². The Morgan fingerprint density at radius 1 is 1.47 bits per heavy atom. The molecule has 2 fully saturated rings. The molecular formula is C14H23NO4. The fraction of sp³-hybridized carbons (Fsp3) is 0.857. The number of hydrogen-bond acceptors (Lipinski definition) is 3. The highest BCUT2D eigenvalue weighted by Gasteiger charge is 2.48. The molecule has 0 spiro atoms. The first-order valence-electron chi connectivity index (χ1n) is 6.99. The summed E-state index contributed by atoms with van der Waals surface area (Å²) in [6.07, 6.45) is 2.11. The van der Waals surface area contributed by atoms with Crippen molar-refractivity contribution in [2.24, 2.45) is 11.8 Å². The van der Waals surface area contributed by atoms with Gasteiger partial charge in [-0.2, -0.15) is 0 Å². The second-order valence-corrected chi connectivity index (χ2v) is 6.20. The zero-order valence-corrected chi connectivity index (χ0v) is 11.9. The Bertz CT molecular complexity index is 376. The molecule has 0 aromatic carbocycles. The molecule has 19 heavy (non-hydrogen) atoms. The van der Waals surface area contributed by atoms with E-state index in [1.807, 2.05) is 20.8 Å². The third-order valence-electron chi connectivity index (χ3n) is 4.59. The highest BCUT2D eigenvalue weighted by molar-refractivity contribution is 5.82. The summed E-state index contributed by atoms with van der Waals surface area (Å²) >= 11 is 0. The van der Waals surface area contributed by atoms with Gasteiger partial charge in [-0.15, -0.1) is 0 Å². The van der Waals surface area contributed by atoms with E-state index in [-0.39, 0.29) is 23.4 Å². The van der Waals surface area contributed by atoms with Crippen molar-refractivity contribution in [3.63, 3.8) is 0 Å².